The Kier molecular flexibility index (Phi) is 11.8. The van der Waals surface area contributed by atoms with Gasteiger partial charge in [0.05, 0.1) is 17.4 Å². The first-order valence-corrected chi connectivity index (χ1v) is 20.6. The molecule has 0 bridgehead atoms. The second kappa shape index (κ2) is 14.4. The molecule has 1 aliphatic rings. The lowest BCUT2D eigenvalue weighted by Gasteiger charge is -2.38. The molecule has 0 radical (unpaired) electrons. The number of nitrogens with zero attached hydrogens (tertiary/aromatic N) is 1. The second-order valence-corrected chi connectivity index (χ2v) is 21.7. The standard InChI is InChI=1S/C35H53NO7SSi/c1-34(2,3)42-33(38)24-41-28-13-11-12-27(23-28)31(21-26-14-17-29(20-26)43-45(9,10)35(4,5)6)36(7)32(37)22-25-15-18-30(19-16-25)44(8,39)40/h11-13,15-16,18-19,23,26,29,31H,14,17,20-22,24H2,1-10H3/t26?,29-,31+/m1/s1. The van der Waals surface area contributed by atoms with Gasteiger partial charge in [-0.15, -0.1) is 0 Å². The van der Waals surface area contributed by atoms with Gasteiger partial charge in [-0.2, -0.15) is 0 Å². The highest BCUT2D eigenvalue weighted by Crippen LogP contribution is 2.43. The van der Waals surface area contributed by atoms with Gasteiger partial charge in [0, 0.05) is 19.4 Å². The predicted molar refractivity (Wildman–Crippen MR) is 181 cm³/mol. The first-order valence-electron chi connectivity index (χ1n) is 15.8. The molecule has 1 fully saturated rings. The largest absolute Gasteiger partial charge is 0.482 e. The number of ether oxygens (including phenoxy) is 2. The van der Waals surface area contributed by atoms with Gasteiger partial charge in [-0.25, -0.2) is 13.2 Å². The molecule has 0 aromatic heterocycles. The molecule has 0 saturated heterocycles. The number of sulfone groups is 1. The fourth-order valence-electron chi connectivity index (χ4n) is 5.43. The van der Waals surface area contributed by atoms with Crippen LogP contribution in [-0.2, 0) is 35.0 Å². The number of carbonyl (C=O) groups is 2. The van der Waals surface area contributed by atoms with Crippen molar-refractivity contribution in [2.75, 3.05) is 19.9 Å². The van der Waals surface area contributed by atoms with Crippen molar-refractivity contribution in [2.24, 2.45) is 5.92 Å². The van der Waals surface area contributed by atoms with Crippen molar-refractivity contribution in [1.29, 1.82) is 0 Å². The van der Waals surface area contributed by atoms with Crippen LogP contribution in [0, 0.1) is 5.92 Å². The van der Waals surface area contributed by atoms with Crippen molar-refractivity contribution in [3.8, 4) is 5.75 Å². The first kappa shape index (κ1) is 36.8. The smallest absolute Gasteiger partial charge is 0.344 e. The summed E-state index contributed by atoms with van der Waals surface area (Å²) in [6, 6.07) is 13.8. The van der Waals surface area contributed by atoms with Crippen LogP contribution in [0.5, 0.6) is 5.75 Å². The molecule has 250 valence electrons. The SMILES string of the molecule is CN(C(=O)Cc1ccc(S(C)(=O)=O)cc1)[C@@H](CC1CC[C@@H](O[Si](C)(C)C(C)(C)C)C1)c1cccc(OCC(=O)OC(C)(C)C)c1. The van der Waals surface area contributed by atoms with E-state index in [4.69, 9.17) is 13.9 Å². The zero-order chi connectivity index (χ0) is 33.8. The Morgan fingerprint density at radius 2 is 1.64 bits per heavy atom. The molecular formula is C35H53NO7SSi. The molecule has 10 heteroatoms. The summed E-state index contributed by atoms with van der Waals surface area (Å²) in [5.41, 5.74) is 1.07. The van der Waals surface area contributed by atoms with E-state index in [2.05, 4.69) is 33.9 Å². The van der Waals surface area contributed by atoms with Crippen LogP contribution < -0.4 is 4.74 Å². The summed E-state index contributed by atoms with van der Waals surface area (Å²) in [5.74, 6) is 0.392. The first-order chi connectivity index (χ1) is 20.6. The number of hydrogen-bond acceptors (Lipinski definition) is 7. The molecule has 0 heterocycles. The van der Waals surface area contributed by atoms with Crippen molar-refractivity contribution >= 4 is 30.0 Å². The van der Waals surface area contributed by atoms with E-state index in [9.17, 15) is 18.0 Å². The lowest BCUT2D eigenvalue weighted by Crippen LogP contribution is -2.43. The van der Waals surface area contributed by atoms with Gasteiger partial charge >= 0.3 is 5.97 Å². The Balaban J connectivity index is 1.81. The Bertz CT molecular complexity index is 1430. The van der Waals surface area contributed by atoms with E-state index < -0.39 is 29.7 Å². The zero-order valence-corrected chi connectivity index (χ0v) is 30.6. The summed E-state index contributed by atoms with van der Waals surface area (Å²) in [4.78, 5) is 28.0. The van der Waals surface area contributed by atoms with Gasteiger partial charge in [-0.3, -0.25) is 4.79 Å². The van der Waals surface area contributed by atoms with E-state index >= 15 is 0 Å². The summed E-state index contributed by atoms with van der Waals surface area (Å²) < 4.78 is 41.7. The number of hydrogen-bond donors (Lipinski definition) is 0. The normalized spacial score (nSPS) is 18.4. The molecule has 3 rings (SSSR count). The van der Waals surface area contributed by atoms with Crippen LogP contribution in [0.15, 0.2) is 53.4 Å². The molecule has 0 N–H and O–H groups in total. The van der Waals surface area contributed by atoms with Gasteiger partial charge in [0.1, 0.15) is 11.4 Å². The number of benzene rings is 2. The number of rotatable bonds is 12. The van der Waals surface area contributed by atoms with Crippen LogP contribution in [0.3, 0.4) is 0 Å². The number of amides is 1. The van der Waals surface area contributed by atoms with Gasteiger partial charge < -0.3 is 18.8 Å². The third kappa shape index (κ3) is 11.0. The quantitative estimate of drug-likeness (QED) is 0.177. The van der Waals surface area contributed by atoms with E-state index in [1.165, 1.54) is 6.26 Å². The van der Waals surface area contributed by atoms with Gasteiger partial charge in [0.15, 0.2) is 24.8 Å². The van der Waals surface area contributed by atoms with E-state index in [0.29, 0.717) is 11.7 Å². The van der Waals surface area contributed by atoms with Crippen molar-refractivity contribution in [1.82, 2.24) is 4.90 Å². The highest BCUT2D eigenvalue weighted by Gasteiger charge is 2.41. The molecule has 3 atom stereocenters. The van der Waals surface area contributed by atoms with Crippen molar-refractivity contribution < 1.29 is 31.9 Å². The molecule has 2 aromatic carbocycles. The van der Waals surface area contributed by atoms with Crippen molar-refractivity contribution in [3.63, 3.8) is 0 Å². The van der Waals surface area contributed by atoms with Crippen LogP contribution in [0.2, 0.25) is 18.1 Å². The van der Waals surface area contributed by atoms with E-state index in [0.717, 1.165) is 36.8 Å². The minimum atomic E-state index is -3.32. The van der Waals surface area contributed by atoms with E-state index in [1.54, 1.807) is 35.2 Å². The zero-order valence-electron chi connectivity index (χ0n) is 28.8. The Morgan fingerprint density at radius 3 is 2.22 bits per heavy atom. The molecule has 45 heavy (non-hydrogen) atoms. The Labute approximate surface area is 271 Å². The fourth-order valence-corrected chi connectivity index (χ4v) is 7.46. The van der Waals surface area contributed by atoms with Gasteiger partial charge in [-0.05, 0) is 106 Å². The van der Waals surface area contributed by atoms with Crippen LogP contribution in [0.1, 0.15) is 84.4 Å². The number of esters is 1. The van der Waals surface area contributed by atoms with E-state index in [-0.39, 0.29) is 41.0 Å². The van der Waals surface area contributed by atoms with Gasteiger partial charge in [-0.1, -0.05) is 45.0 Å². The van der Waals surface area contributed by atoms with Crippen LogP contribution >= 0.6 is 0 Å². The van der Waals surface area contributed by atoms with Gasteiger partial charge in [0.2, 0.25) is 5.91 Å². The third-order valence-electron chi connectivity index (χ3n) is 8.90. The second-order valence-electron chi connectivity index (χ2n) is 15.0. The molecule has 1 amide bonds. The Morgan fingerprint density at radius 1 is 1.00 bits per heavy atom. The number of likely N-dealkylation sites (N-methyl/N-ethyl adjacent to an activating group) is 1. The lowest BCUT2D eigenvalue weighted by molar-refractivity contribution is -0.157. The average molecular weight is 660 g/mol. The molecule has 0 aliphatic heterocycles. The van der Waals surface area contributed by atoms with Crippen LogP contribution in [0.25, 0.3) is 0 Å². The fraction of sp³-hybridized carbons (Fsp3) is 0.600. The topological polar surface area (TPSA) is 99.2 Å². The summed E-state index contributed by atoms with van der Waals surface area (Å²) in [6.07, 6.45) is 5.28. The highest BCUT2D eigenvalue weighted by molar-refractivity contribution is 7.90. The molecule has 8 nitrogen and oxygen atoms in total. The summed E-state index contributed by atoms with van der Waals surface area (Å²) in [7, 11) is -3.40. The monoisotopic (exact) mass is 659 g/mol. The Hall–Kier alpha value is -2.69. The van der Waals surface area contributed by atoms with Crippen LogP contribution in [0.4, 0.5) is 0 Å². The van der Waals surface area contributed by atoms with Crippen LogP contribution in [-0.4, -0.2) is 65.1 Å². The summed E-state index contributed by atoms with van der Waals surface area (Å²) >= 11 is 0. The molecule has 1 unspecified atom stereocenters. The molecule has 2 aromatic rings. The maximum atomic E-state index is 13.7. The minimum absolute atomic E-state index is 0.0701. The lowest BCUT2D eigenvalue weighted by atomic mass is 9.92. The third-order valence-corrected chi connectivity index (χ3v) is 14.6. The summed E-state index contributed by atoms with van der Waals surface area (Å²) in [6.45, 7) is 16.6. The maximum absolute atomic E-state index is 13.7. The van der Waals surface area contributed by atoms with Crippen molar-refractivity contribution in [3.05, 3.63) is 59.7 Å². The minimum Gasteiger partial charge on any atom is -0.482 e. The molecule has 1 saturated carbocycles. The predicted octanol–water partition coefficient (Wildman–Crippen LogP) is 7.13. The summed E-state index contributed by atoms with van der Waals surface area (Å²) in [5, 5.41) is 0.138. The van der Waals surface area contributed by atoms with Gasteiger partial charge in [0.25, 0.3) is 0 Å². The average Bonchev–Trinajstić information content (AvgIpc) is 3.34. The van der Waals surface area contributed by atoms with E-state index in [1.807, 2.05) is 46.0 Å². The number of carbonyl (C=O) groups excluding carboxylic acids is 2. The maximum Gasteiger partial charge on any atom is 0.344 e. The molecule has 1 aliphatic carbocycles. The highest BCUT2D eigenvalue weighted by atomic mass is 32.2. The molecule has 0 spiro atoms. The van der Waals surface area contributed by atoms with Crippen molar-refractivity contribution in [2.45, 2.75) is 114 Å². The molecular weight excluding hydrogens is 607 g/mol.